The van der Waals surface area contributed by atoms with E-state index in [0.29, 0.717) is 92.1 Å². The highest BCUT2D eigenvalue weighted by Crippen LogP contribution is 2.52. The van der Waals surface area contributed by atoms with E-state index >= 15 is 0 Å². The van der Waals surface area contributed by atoms with Gasteiger partial charge in [-0.05, 0) is 58.7 Å². The molecular weight excluding hydrogens is 901 g/mol. The van der Waals surface area contributed by atoms with Crippen LogP contribution in [-0.4, -0.2) is 145 Å². The summed E-state index contributed by atoms with van der Waals surface area (Å²) in [7, 11) is 20.8. The van der Waals surface area contributed by atoms with Crippen LogP contribution < -0.4 is 47.4 Å². The van der Waals surface area contributed by atoms with Gasteiger partial charge >= 0.3 is 11.9 Å². The van der Waals surface area contributed by atoms with E-state index in [0.717, 1.165) is 72.4 Å². The molecule has 0 aromatic heterocycles. The lowest BCUT2D eigenvalue weighted by molar-refractivity contribution is -0.941. The Bertz CT molecular complexity index is 2280. The highest BCUT2D eigenvalue weighted by atomic mass is 16.6. The Kier molecular flexibility index (Phi) is 18.2. The number of likely N-dealkylation sites (N-methyl/N-ethyl adjacent to an activating group) is 2. The second-order valence-corrected chi connectivity index (χ2v) is 18.3. The Morgan fingerprint density at radius 2 is 0.814 bits per heavy atom. The topological polar surface area (TPSA) is 145 Å². The van der Waals surface area contributed by atoms with Gasteiger partial charge in [0.15, 0.2) is 46.0 Å². The van der Waals surface area contributed by atoms with Gasteiger partial charge in [-0.1, -0.05) is 12.1 Å². The zero-order chi connectivity index (χ0) is 50.6. The molecule has 382 valence electrons. The maximum Gasteiger partial charge on any atom is 0.306 e. The van der Waals surface area contributed by atoms with Crippen LogP contribution in [0.2, 0.25) is 0 Å². The predicted molar refractivity (Wildman–Crippen MR) is 264 cm³/mol. The Labute approximate surface area is 413 Å². The third-order valence-electron chi connectivity index (χ3n) is 14.3. The van der Waals surface area contributed by atoms with Gasteiger partial charge in [-0.25, -0.2) is 0 Å². The van der Waals surface area contributed by atoms with E-state index in [1.165, 1.54) is 0 Å². The zero-order valence-electron chi connectivity index (χ0n) is 43.3. The first-order chi connectivity index (χ1) is 33.8. The number of methoxy groups -OCH3 is 10. The molecule has 0 fully saturated rings. The lowest BCUT2D eigenvalue weighted by Gasteiger charge is -2.46. The van der Waals surface area contributed by atoms with E-state index in [-0.39, 0.29) is 38.1 Å². The number of hydrogen-bond acceptors (Lipinski definition) is 14. The summed E-state index contributed by atoms with van der Waals surface area (Å²) in [6.07, 6.45) is 4.01. The number of esters is 2. The molecule has 4 aromatic carbocycles. The van der Waals surface area contributed by atoms with Crippen LogP contribution in [0, 0.1) is 0 Å². The lowest BCUT2D eigenvalue weighted by Crippen LogP contribution is -2.53. The van der Waals surface area contributed by atoms with Crippen LogP contribution in [-0.2, 0) is 44.7 Å². The quantitative estimate of drug-likeness (QED) is 0.0364. The molecule has 2 heterocycles. The molecule has 0 spiro atoms. The highest BCUT2D eigenvalue weighted by molar-refractivity contribution is 5.77. The summed E-state index contributed by atoms with van der Waals surface area (Å²) in [4.78, 5) is 26.0. The summed E-state index contributed by atoms with van der Waals surface area (Å²) < 4.78 is 70.4. The molecule has 16 nitrogen and oxygen atoms in total. The number of ether oxygens (including phenoxy) is 12. The second kappa shape index (κ2) is 24.0. The number of hydrogen-bond donors (Lipinski definition) is 0. The molecule has 70 heavy (non-hydrogen) atoms. The van der Waals surface area contributed by atoms with Crippen molar-refractivity contribution in [3.05, 3.63) is 81.9 Å². The van der Waals surface area contributed by atoms with E-state index in [9.17, 15) is 9.59 Å². The molecule has 16 heteroatoms. The normalized spacial score (nSPS) is 19.1. The van der Waals surface area contributed by atoms with Crippen molar-refractivity contribution in [1.29, 1.82) is 0 Å². The van der Waals surface area contributed by atoms with Gasteiger partial charge in [-0.2, -0.15) is 0 Å². The Morgan fingerprint density at radius 3 is 1.14 bits per heavy atom. The number of carbonyl (C=O) groups excluding carboxylic acids is 2. The summed E-state index contributed by atoms with van der Waals surface area (Å²) in [5.74, 6) is 5.38. The predicted octanol–water partition coefficient (Wildman–Crippen LogP) is 7.69. The Hall–Kier alpha value is -6.26. The SMILES string of the molecule is COc1ccc(CC2c3c(cc(OC)c(OC)c3OC)CC[N+]2(C)CCCOC(=O)CCC(=O)OCCC[N+]2(C)CCc3cc(OC)c(OC)c(OC)c3C2Cc2ccc(OC)c(OC)c2)cc1OC. The van der Waals surface area contributed by atoms with Crippen molar-refractivity contribution in [1.82, 2.24) is 0 Å². The fourth-order valence-corrected chi connectivity index (χ4v) is 10.5. The molecule has 4 unspecified atom stereocenters. The summed E-state index contributed by atoms with van der Waals surface area (Å²) in [5, 5.41) is 0. The fourth-order valence-electron chi connectivity index (χ4n) is 10.5. The number of carbonyl (C=O) groups is 2. The van der Waals surface area contributed by atoms with Crippen LogP contribution in [0.5, 0.6) is 57.5 Å². The van der Waals surface area contributed by atoms with Crippen LogP contribution in [0.15, 0.2) is 48.5 Å². The van der Waals surface area contributed by atoms with Crippen molar-refractivity contribution in [2.45, 2.75) is 63.5 Å². The minimum absolute atomic E-state index is 0.0451. The average Bonchev–Trinajstić information content (AvgIpc) is 3.38. The van der Waals surface area contributed by atoms with Crippen LogP contribution in [0.4, 0.5) is 0 Å². The minimum atomic E-state index is -0.437. The summed E-state index contributed by atoms with van der Waals surface area (Å²) >= 11 is 0. The van der Waals surface area contributed by atoms with Gasteiger partial charge in [0, 0.05) is 38.5 Å². The molecule has 6 rings (SSSR count). The molecule has 2 aliphatic heterocycles. The Morgan fingerprint density at radius 1 is 0.457 bits per heavy atom. The first kappa shape index (κ1) is 53.1. The van der Waals surface area contributed by atoms with Crippen LogP contribution in [0.1, 0.15) is 71.1 Å². The third kappa shape index (κ3) is 11.5. The number of nitrogens with zero attached hydrogens (tertiary/aromatic N) is 2. The average molecular weight is 975 g/mol. The first-order valence-electron chi connectivity index (χ1n) is 23.8. The van der Waals surface area contributed by atoms with Gasteiger partial charge in [0.2, 0.25) is 11.5 Å². The minimum Gasteiger partial charge on any atom is -0.493 e. The number of fused-ring (bicyclic) bond motifs is 2. The molecule has 4 aromatic rings. The summed E-state index contributed by atoms with van der Waals surface area (Å²) in [5.41, 5.74) is 6.55. The first-order valence-corrected chi connectivity index (χ1v) is 23.8. The van der Waals surface area contributed by atoms with E-state index in [4.69, 9.17) is 56.8 Å². The summed E-state index contributed by atoms with van der Waals surface area (Å²) in [6, 6.07) is 16.0. The maximum absolute atomic E-state index is 13.0. The highest BCUT2D eigenvalue weighted by Gasteiger charge is 2.44. The van der Waals surface area contributed by atoms with E-state index < -0.39 is 11.9 Å². The van der Waals surface area contributed by atoms with Crippen molar-refractivity contribution in [3.63, 3.8) is 0 Å². The van der Waals surface area contributed by atoms with E-state index in [2.05, 4.69) is 38.4 Å². The van der Waals surface area contributed by atoms with E-state index in [1.807, 2.05) is 24.3 Å². The molecule has 4 atom stereocenters. The van der Waals surface area contributed by atoms with Crippen molar-refractivity contribution < 1.29 is 75.4 Å². The molecule has 0 saturated carbocycles. The van der Waals surface area contributed by atoms with Crippen molar-refractivity contribution in [3.8, 4) is 57.5 Å². The van der Waals surface area contributed by atoms with Gasteiger partial charge in [-0.3, -0.25) is 9.59 Å². The molecular formula is C54H74N2O14+2. The molecule has 0 saturated heterocycles. The lowest BCUT2D eigenvalue weighted by atomic mass is 9.85. The van der Waals surface area contributed by atoms with Gasteiger partial charge in [0.05, 0.1) is 149 Å². The van der Waals surface area contributed by atoms with Gasteiger partial charge < -0.3 is 65.8 Å². The van der Waals surface area contributed by atoms with Crippen molar-refractivity contribution in [2.24, 2.45) is 0 Å². The monoisotopic (exact) mass is 975 g/mol. The smallest absolute Gasteiger partial charge is 0.306 e. The zero-order valence-corrected chi connectivity index (χ0v) is 43.3. The maximum atomic E-state index is 13.0. The van der Waals surface area contributed by atoms with Crippen molar-refractivity contribution >= 4 is 11.9 Å². The number of quaternary nitrogens is 2. The third-order valence-corrected chi connectivity index (χ3v) is 14.3. The molecule has 0 N–H and O–H groups in total. The fraction of sp³-hybridized carbons (Fsp3) is 0.519. The summed E-state index contributed by atoms with van der Waals surface area (Å²) in [6.45, 7) is 3.55. The number of rotatable bonds is 25. The second-order valence-electron chi connectivity index (χ2n) is 18.3. The van der Waals surface area contributed by atoms with Gasteiger partial charge in [-0.15, -0.1) is 0 Å². The van der Waals surface area contributed by atoms with Crippen LogP contribution in [0.25, 0.3) is 0 Å². The standard InChI is InChI=1S/C54H74N2O14/c1-55(25-21-37-33-45(63-7)51(65-9)53(67-11)49(37)39(55)29-35-15-17-41(59-3)43(31-35)61-5)23-13-27-69-47(57)19-20-48(58)70-28-14-24-56(2)26-22-38-34-46(64-8)52(66-10)54(68-12)50(38)40(56)30-36-16-18-42(60-4)44(32-36)62-6/h15-18,31-34,39-40H,13-14,19-30H2,1-12H3/q+2. The molecule has 0 amide bonds. The van der Waals surface area contributed by atoms with Gasteiger partial charge in [0.1, 0.15) is 12.1 Å². The largest absolute Gasteiger partial charge is 0.493 e. The molecule has 2 aliphatic rings. The van der Waals surface area contributed by atoms with Crippen molar-refractivity contribution in [2.75, 3.05) is 125 Å². The molecule has 0 aliphatic carbocycles. The Balaban J connectivity index is 1.06. The molecule has 0 bridgehead atoms. The van der Waals surface area contributed by atoms with Gasteiger partial charge in [0.25, 0.3) is 0 Å². The van der Waals surface area contributed by atoms with E-state index in [1.54, 1.807) is 71.1 Å². The van der Waals surface area contributed by atoms with Crippen LogP contribution >= 0.6 is 0 Å². The molecule has 0 radical (unpaired) electrons. The number of benzene rings is 4. The van der Waals surface area contributed by atoms with Crippen LogP contribution in [0.3, 0.4) is 0 Å².